The second kappa shape index (κ2) is 8.63. The maximum Gasteiger partial charge on any atom is 0.325 e. The van der Waals surface area contributed by atoms with Crippen molar-refractivity contribution in [2.75, 3.05) is 6.54 Å². The summed E-state index contributed by atoms with van der Waals surface area (Å²) in [7, 11) is 0. The third-order valence-corrected chi connectivity index (χ3v) is 6.25. The topological polar surface area (TPSA) is 78.5 Å². The number of amides is 4. The number of halogens is 1. The van der Waals surface area contributed by atoms with E-state index in [9.17, 15) is 14.4 Å². The summed E-state index contributed by atoms with van der Waals surface area (Å²) in [5.41, 5.74) is 0.375. The van der Waals surface area contributed by atoms with Gasteiger partial charge in [0.15, 0.2) is 0 Å². The first-order valence-corrected chi connectivity index (χ1v) is 10.9. The Morgan fingerprint density at radius 2 is 1.75 bits per heavy atom. The molecule has 0 aromatic heterocycles. The Hall–Kier alpha value is -3.38. The standard InChI is InChI=1S/C25H24ClN3O3/c1-3-25(20-10-12-21(26)13-11-20)23(31)29(24(32)28-25)15-22(30)27-16(2)18-9-8-17-6-4-5-7-19(17)14-18/h4-14,16H,3,15H2,1-2H3,(H,27,30)(H,28,32). The highest BCUT2D eigenvalue weighted by atomic mass is 35.5. The fourth-order valence-electron chi connectivity index (χ4n) is 4.13. The largest absolute Gasteiger partial charge is 0.348 e. The van der Waals surface area contributed by atoms with E-state index in [0.717, 1.165) is 21.2 Å². The molecular weight excluding hydrogens is 426 g/mol. The molecule has 1 saturated heterocycles. The van der Waals surface area contributed by atoms with Crippen LogP contribution in [-0.2, 0) is 15.1 Å². The quantitative estimate of drug-likeness (QED) is 0.543. The maximum atomic E-state index is 13.2. The van der Waals surface area contributed by atoms with Gasteiger partial charge in [0.05, 0.1) is 6.04 Å². The zero-order valence-electron chi connectivity index (χ0n) is 17.9. The van der Waals surface area contributed by atoms with Gasteiger partial charge in [-0.1, -0.05) is 67.1 Å². The number of imide groups is 1. The van der Waals surface area contributed by atoms with Crippen LogP contribution in [-0.4, -0.2) is 29.3 Å². The zero-order chi connectivity index (χ0) is 22.9. The van der Waals surface area contributed by atoms with E-state index >= 15 is 0 Å². The molecule has 2 N–H and O–H groups in total. The highest BCUT2D eigenvalue weighted by Crippen LogP contribution is 2.33. The summed E-state index contributed by atoms with van der Waals surface area (Å²) < 4.78 is 0. The molecule has 2 unspecified atom stereocenters. The SMILES string of the molecule is CCC1(c2ccc(Cl)cc2)NC(=O)N(CC(=O)NC(C)c2ccc3ccccc3c2)C1=O. The number of urea groups is 1. The molecule has 3 aromatic rings. The van der Waals surface area contributed by atoms with Gasteiger partial charge in [0.2, 0.25) is 5.91 Å². The monoisotopic (exact) mass is 449 g/mol. The first kappa shape index (κ1) is 21.8. The van der Waals surface area contributed by atoms with Gasteiger partial charge in [-0.25, -0.2) is 4.79 Å². The summed E-state index contributed by atoms with van der Waals surface area (Å²) >= 11 is 5.96. The second-order valence-corrected chi connectivity index (χ2v) is 8.42. The lowest BCUT2D eigenvalue weighted by Crippen LogP contribution is -2.45. The van der Waals surface area contributed by atoms with E-state index in [-0.39, 0.29) is 12.6 Å². The van der Waals surface area contributed by atoms with Crippen LogP contribution < -0.4 is 10.6 Å². The van der Waals surface area contributed by atoms with E-state index in [2.05, 4.69) is 10.6 Å². The molecule has 4 amide bonds. The lowest BCUT2D eigenvalue weighted by molar-refractivity contribution is -0.135. The number of hydrogen-bond donors (Lipinski definition) is 2. The van der Waals surface area contributed by atoms with Gasteiger partial charge in [-0.05, 0) is 53.4 Å². The lowest BCUT2D eigenvalue weighted by Gasteiger charge is -2.26. The predicted molar refractivity (Wildman–Crippen MR) is 124 cm³/mol. The van der Waals surface area contributed by atoms with Crippen molar-refractivity contribution >= 4 is 40.2 Å². The Bertz CT molecular complexity index is 1190. The minimum Gasteiger partial charge on any atom is -0.348 e. The van der Waals surface area contributed by atoms with E-state index in [4.69, 9.17) is 11.6 Å². The molecule has 32 heavy (non-hydrogen) atoms. The first-order valence-electron chi connectivity index (χ1n) is 10.5. The minimum atomic E-state index is -1.20. The van der Waals surface area contributed by atoms with Gasteiger partial charge in [-0.2, -0.15) is 0 Å². The molecule has 0 aliphatic carbocycles. The summed E-state index contributed by atoms with van der Waals surface area (Å²) in [5, 5.41) is 8.40. The summed E-state index contributed by atoms with van der Waals surface area (Å²) in [6, 6.07) is 19.9. The Morgan fingerprint density at radius 3 is 2.44 bits per heavy atom. The van der Waals surface area contributed by atoms with E-state index in [0.29, 0.717) is 17.0 Å². The molecule has 1 aliphatic heterocycles. The van der Waals surface area contributed by atoms with Crippen LogP contribution in [0, 0.1) is 0 Å². The lowest BCUT2D eigenvalue weighted by atomic mass is 9.87. The van der Waals surface area contributed by atoms with Gasteiger partial charge < -0.3 is 10.6 Å². The van der Waals surface area contributed by atoms with Gasteiger partial charge in [-0.3, -0.25) is 14.5 Å². The van der Waals surface area contributed by atoms with Crippen LogP contribution in [0.15, 0.2) is 66.7 Å². The molecule has 3 aromatic carbocycles. The van der Waals surface area contributed by atoms with Gasteiger partial charge in [-0.15, -0.1) is 0 Å². The Balaban J connectivity index is 1.48. The van der Waals surface area contributed by atoms with Crippen LogP contribution in [0.5, 0.6) is 0 Å². The third-order valence-electron chi connectivity index (χ3n) is 6.00. The molecule has 6 nitrogen and oxygen atoms in total. The van der Waals surface area contributed by atoms with Crippen LogP contribution in [0.2, 0.25) is 5.02 Å². The van der Waals surface area contributed by atoms with Crippen LogP contribution >= 0.6 is 11.6 Å². The zero-order valence-corrected chi connectivity index (χ0v) is 18.6. The molecule has 1 heterocycles. The second-order valence-electron chi connectivity index (χ2n) is 7.98. The van der Waals surface area contributed by atoms with Crippen LogP contribution in [0.3, 0.4) is 0 Å². The highest BCUT2D eigenvalue weighted by molar-refractivity contribution is 6.30. The predicted octanol–water partition coefficient (Wildman–Crippen LogP) is 4.53. The van der Waals surface area contributed by atoms with Crippen molar-refractivity contribution < 1.29 is 14.4 Å². The number of rotatable bonds is 6. The van der Waals surface area contributed by atoms with Crippen molar-refractivity contribution in [2.24, 2.45) is 0 Å². The van der Waals surface area contributed by atoms with Gasteiger partial charge in [0.25, 0.3) is 5.91 Å². The molecule has 2 atom stereocenters. The van der Waals surface area contributed by atoms with Crippen molar-refractivity contribution in [1.29, 1.82) is 0 Å². The molecule has 164 valence electrons. The minimum absolute atomic E-state index is 0.278. The molecule has 0 spiro atoms. The smallest absolute Gasteiger partial charge is 0.325 e. The van der Waals surface area contributed by atoms with Gasteiger partial charge in [0, 0.05) is 5.02 Å². The van der Waals surface area contributed by atoms with Crippen molar-refractivity contribution in [3.8, 4) is 0 Å². The van der Waals surface area contributed by atoms with E-state index in [1.165, 1.54) is 0 Å². The van der Waals surface area contributed by atoms with E-state index < -0.39 is 23.4 Å². The number of nitrogens with zero attached hydrogens (tertiary/aromatic N) is 1. The third kappa shape index (κ3) is 3.94. The molecule has 7 heteroatoms. The molecule has 1 aliphatic rings. The van der Waals surface area contributed by atoms with Crippen molar-refractivity contribution in [3.05, 3.63) is 82.9 Å². The summed E-state index contributed by atoms with van der Waals surface area (Å²) in [6.07, 6.45) is 0.352. The first-order chi connectivity index (χ1) is 15.3. The molecule has 4 rings (SSSR count). The number of carbonyl (C=O) groups excluding carboxylic acids is 3. The molecule has 1 fully saturated rings. The fourth-order valence-corrected chi connectivity index (χ4v) is 4.26. The number of carbonyl (C=O) groups is 3. The summed E-state index contributed by atoms with van der Waals surface area (Å²) in [5.74, 6) is -0.849. The van der Waals surface area contributed by atoms with Crippen molar-refractivity contribution in [3.63, 3.8) is 0 Å². The van der Waals surface area contributed by atoms with Crippen molar-refractivity contribution in [1.82, 2.24) is 15.5 Å². The number of benzene rings is 3. The van der Waals surface area contributed by atoms with Gasteiger partial charge in [0.1, 0.15) is 12.1 Å². The van der Waals surface area contributed by atoms with Crippen LogP contribution in [0.25, 0.3) is 10.8 Å². The maximum absolute atomic E-state index is 13.2. The summed E-state index contributed by atoms with van der Waals surface area (Å²) in [4.78, 5) is 39.5. The van der Waals surface area contributed by atoms with Crippen LogP contribution in [0.4, 0.5) is 4.79 Å². The van der Waals surface area contributed by atoms with E-state index in [1.54, 1.807) is 24.3 Å². The normalized spacial score (nSPS) is 19.2. The highest BCUT2D eigenvalue weighted by Gasteiger charge is 2.51. The molecule has 0 bridgehead atoms. The average molecular weight is 450 g/mol. The Labute approximate surface area is 191 Å². The number of fused-ring (bicyclic) bond motifs is 1. The molecule has 0 radical (unpaired) electrons. The molecule has 0 saturated carbocycles. The van der Waals surface area contributed by atoms with Crippen LogP contribution in [0.1, 0.15) is 37.4 Å². The number of hydrogen-bond acceptors (Lipinski definition) is 3. The number of nitrogens with one attached hydrogen (secondary N) is 2. The van der Waals surface area contributed by atoms with Crippen molar-refractivity contribution in [2.45, 2.75) is 31.8 Å². The van der Waals surface area contributed by atoms with E-state index in [1.807, 2.05) is 56.3 Å². The Kier molecular flexibility index (Phi) is 5.89. The Morgan fingerprint density at radius 1 is 1.06 bits per heavy atom. The fraction of sp³-hybridized carbons (Fsp3) is 0.240. The average Bonchev–Trinajstić information content (AvgIpc) is 3.04. The molecular formula is C25H24ClN3O3. The summed E-state index contributed by atoms with van der Waals surface area (Å²) in [6.45, 7) is 3.34. The van der Waals surface area contributed by atoms with Gasteiger partial charge >= 0.3 is 6.03 Å².